The molecule has 2 N–H and O–H groups in total. The quantitative estimate of drug-likeness (QED) is 0.483. The van der Waals surface area contributed by atoms with E-state index in [4.69, 9.17) is 4.74 Å². The third-order valence-electron chi connectivity index (χ3n) is 6.39. The molecule has 0 atom stereocenters. The number of halogens is 2. The van der Waals surface area contributed by atoms with E-state index in [1.807, 2.05) is 17.8 Å². The Hall–Kier alpha value is -3.28. The number of aromatic nitrogens is 4. The van der Waals surface area contributed by atoms with E-state index in [2.05, 4.69) is 37.6 Å². The smallest absolute Gasteiger partial charge is 0.414 e. The molecule has 2 aromatic heterocycles. The predicted molar refractivity (Wildman–Crippen MR) is 133 cm³/mol. The van der Waals surface area contributed by atoms with Gasteiger partial charge in [-0.15, -0.1) is 0 Å². The second kappa shape index (κ2) is 10.8. The van der Waals surface area contributed by atoms with Crippen molar-refractivity contribution >= 4 is 23.5 Å². The minimum atomic E-state index is -2.72. The maximum absolute atomic E-state index is 13.6. The van der Waals surface area contributed by atoms with Crippen LogP contribution >= 0.6 is 0 Å². The zero-order chi connectivity index (χ0) is 25.9. The normalized spacial score (nSPS) is 18.5. The summed E-state index contributed by atoms with van der Waals surface area (Å²) in [6, 6.07) is 0.327. The van der Waals surface area contributed by atoms with Gasteiger partial charge in [0.1, 0.15) is 11.4 Å². The summed E-state index contributed by atoms with van der Waals surface area (Å²) in [7, 11) is 2.11. The van der Waals surface area contributed by atoms with Crippen molar-refractivity contribution < 1.29 is 18.3 Å². The lowest BCUT2D eigenvalue weighted by Gasteiger charge is -2.31. The van der Waals surface area contributed by atoms with Crippen LogP contribution in [0.15, 0.2) is 24.7 Å². The van der Waals surface area contributed by atoms with Crippen LogP contribution in [0.5, 0.6) is 0 Å². The van der Waals surface area contributed by atoms with Crippen LogP contribution < -0.4 is 10.6 Å². The average Bonchev–Trinajstić information content (AvgIpc) is 3.18. The van der Waals surface area contributed by atoms with Gasteiger partial charge >= 0.3 is 6.09 Å². The molecule has 36 heavy (non-hydrogen) atoms. The zero-order valence-corrected chi connectivity index (χ0v) is 21.2. The molecule has 0 spiro atoms. The number of nitrogens with one attached hydrogen (secondary N) is 2. The third kappa shape index (κ3) is 6.28. The number of piperidine rings is 1. The molecule has 0 unspecified atom stereocenters. The zero-order valence-electron chi connectivity index (χ0n) is 21.2. The molecule has 1 saturated heterocycles. The first kappa shape index (κ1) is 25.8. The standard InChI is InChI=1S/C24H34F2N8O2/c1-16-19(15-34(31-16)17-6-11-32(4)12-7-17)29-22-28-14-18(20(25)26)21(30-22)27-9-5-10-33-13-8-24(2,3)36-23(33)35/h8,13-15,17,20H,5-7,9-12H2,1-4H3,(H2,27,28,29,30). The molecule has 0 saturated carbocycles. The molecule has 0 aliphatic carbocycles. The van der Waals surface area contributed by atoms with Crippen molar-refractivity contribution in [3.8, 4) is 0 Å². The van der Waals surface area contributed by atoms with Crippen molar-refractivity contribution in [1.29, 1.82) is 0 Å². The highest BCUT2D eigenvalue weighted by Gasteiger charge is 2.27. The molecule has 0 aromatic carbocycles. The van der Waals surface area contributed by atoms with Gasteiger partial charge in [-0.3, -0.25) is 9.58 Å². The summed E-state index contributed by atoms with van der Waals surface area (Å²) in [4.78, 5) is 24.2. The predicted octanol–water partition coefficient (Wildman–Crippen LogP) is 4.48. The maximum atomic E-state index is 13.6. The number of aryl methyl sites for hydroxylation is 1. The second-order valence-electron chi connectivity index (χ2n) is 9.83. The van der Waals surface area contributed by atoms with Crippen molar-refractivity contribution in [2.45, 2.75) is 58.1 Å². The number of carbonyl (C=O) groups excluding carboxylic acids is 1. The average molecular weight is 505 g/mol. The van der Waals surface area contributed by atoms with Gasteiger partial charge in [-0.05, 0) is 66.2 Å². The van der Waals surface area contributed by atoms with Gasteiger partial charge in [0.2, 0.25) is 5.95 Å². The van der Waals surface area contributed by atoms with Crippen LogP contribution in [0.1, 0.15) is 56.8 Å². The van der Waals surface area contributed by atoms with Gasteiger partial charge < -0.3 is 20.3 Å². The molecule has 2 aliphatic rings. The van der Waals surface area contributed by atoms with E-state index in [9.17, 15) is 13.6 Å². The van der Waals surface area contributed by atoms with Gasteiger partial charge in [-0.25, -0.2) is 18.6 Å². The van der Waals surface area contributed by atoms with Crippen molar-refractivity contribution in [3.63, 3.8) is 0 Å². The summed E-state index contributed by atoms with van der Waals surface area (Å²) in [5.74, 6) is 0.262. The second-order valence-corrected chi connectivity index (χ2v) is 9.83. The minimum absolute atomic E-state index is 0.0563. The minimum Gasteiger partial charge on any atom is -0.439 e. The Bertz CT molecular complexity index is 1100. The number of alkyl halides is 2. The molecule has 0 radical (unpaired) electrons. The van der Waals surface area contributed by atoms with E-state index in [0.717, 1.165) is 43.5 Å². The number of anilines is 3. The Kier molecular flexibility index (Phi) is 7.72. The number of rotatable bonds is 9. The molecular weight excluding hydrogens is 470 g/mol. The number of carbonyl (C=O) groups is 1. The highest BCUT2D eigenvalue weighted by molar-refractivity contribution is 5.70. The van der Waals surface area contributed by atoms with Gasteiger partial charge in [0.05, 0.1) is 23.0 Å². The first-order valence-corrected chi connectivity index (χ1v) is 12.2. The molecule has 1 fully saturated rings. The number of ether oxygens (including phenoxy) is 1. The van der Waals surface area contributed by atoms with Crippen LogP contribution in [-0.2, 0) is 4.74 Å². The summed E-state index contributed by atoms with van der Waals surface area (Å²) < 4.78 is 34.4. The monoisotopic (exact) mass is 504 g/mol. The van der Waals surface area contributed by atoms with Gasteiger partial charge in [0.15, 0.2) is 0 Å². The molecule has 4 rings (SSSR count). The Morgan fingerprint density at radius 2 is 2.03 bits per heavy atom. The SMILES string of the molecule is Cc1nn(C2CCN(C)CC2)cc1Nc1ncc(C(F)F)c(NCCCN2C=CC(C)(C)OC2=O)n1. The summed E-state index contributed by atoms with van der Waals surface area (Å²) >= 11 is 0. The lowest BCUT2D eigenvalue weighted by Crippen LogP contribution is -2.39. The summed E-state index contributed by atoms with van der Waals surface area (Å²) in [6.45, 7) is 8.25. The molecule has 2 aliphatic heterocycles. The highest BCUT2D eigenvalue weighted by Crippen LogP contribution is 2.28. The highest BCUT2D eigenvalue weighted by atomic mass is 19.3. The Balaban J connectivity index is 1.38. The fourth-order valence-corrected chi connectivity index (χ4v) is 4.19. The number of likely N-dealkylation sites (tertiary alicyclic amines) is 1. The largest absolute Gasteiger partial charge is 0.439 e. The van der Waals surface area contributed by atoms with E-state index in [0.29, 0.717) is 25.6 Å². The Morgan fingerprint density at radius 3 is 2.72 bits per heavy atom. The van der Waals surface area contributed by atoms with Crippen LogP contribution in [0.25, 0.3) is 0 Å². The van der Waals surface area contributed by atoms with Gasteiger partial charge in [-0.1, -0.05) is 0 Å². The van der Waals surface area contributed by atoms with E-state index in [1.165, 1.54) is 4.90 Å². The van der Waals surface area contributed by atoms with E-state index < -0.39 is 18.1 Å². The molecule has 1 amide bonds. The molecule has 2 aromatic rings. The van der Waals surface area contributed by atoms with E-state index >= 15 is 0 Å². The molecular formula is C24H34F2N8O2. The van der Waals surface area contributed by atoms with Crippen molar-refractivity contribution in [2.75, 3.05) is 43.9 Å². The van der Waals surface area contributed by atoms with Gasteiger partial charge in [-0.2, -0.15) is 10.1 Å². The topological polar surface area (TPSA) is 100 Å². The van der Waals surface area contributed by atoms with Crippen LogP contribution in [0.4, 0.5) is 31.0 Å². The molecule has 196 valence electrons. The summed E-state index contributed by atoms with van der Waals surface area (Å²) in [5, 5.41) is 10.7. The molecule has 4 heterocycles. The molecule has 12 heteroatoms. The van der Waals surface area contributed by atoms with Crippen LogP contribution in [0, 0.1) is 6.92 Å². The fraction of sp³-hybridized carbons (Fsp3) is 0.583. The number of cyclic esters (lactones) is 1. The van der Waals surface area contributed by atoms with E-state index in [1.54, 1.807) is 26.1 Å². The van der Waals surface area contributed by atoms with Crippen LogP contribution in [0.2, 0.25) is 0 Å². The van der Waals surface area contributed by atoms with Gasteiger partial charge in [0.25, 0.3) is 6.43 Å². The summed E-state index contributed by atoms with van der Waals surface area (Å²) in [5.41, 5.74) is 0.612. The van der Waals surface area contributed by atoms with Crippen molar-refractivity contribution in [1.82, 2.24) is 29.5 Å². The third-order valence-corrected chi connectivity index (χ3v) is 6.39. The number of amides is 1. The number of nitrogens with zero attached hydrogens (tertiary/aromatic N) is 6. The number of hydrogen-bond donors (Lipinski definition) is 2. The summed E-state index contributed by atoms with van der Waals surface area (Å²) in [6.07, 6.45) is 5.95. The Morgan fingerprint density at radius 1 is 1.28 bits per heavy atom. The maximum Gasteiger partial charge on any atom is 0.414 e. The molecule has 0 bridgehead atoms. The van der Waals surface area contributed by atoms with Crippen LogP contribution in [-0.4, -0.2) is 74.5 Å². The van der Waals surface area contributed by atoms with Crippen LogP contribution in [0.3, 0.4) is 0 Å². The van der Waals surface area contributed by atoms with Crippen molar-refractivity contribution in [3.05, 3.63) is 35.9 Å². The first-order valence-electron chi connectivity index (χ1n) is 12.2. The van der Waals surface area contributed by atoms with Crippen molar-refractivity contribution in [2.24, 2.45) is 0 Å². The lowest BCUT2D eigenvalue weighted by molar-refractivity contribution is 0.0390. The number of hydrogen-bond acceptors (Lipinski definition) is 8. The molecule has 10 nitrogen and oxygen atoms in total. The first-order chi connectivity index (χ1) is 17.1. The Labute approximate surface area is 209 Å². The lowest BCUT2D eigenvalue weighted by atomic mass is 10.1. The van der Waals surface area contributed by atoms with Gasteiger partial charge in [0, 0.05) is 31.7 Å². The fourth-order valence-electron chi connectivity index (χ4n) is 4.19. The van der Waals surface area contributed by atoms with E-state index in [-0.39, 0.29) is 17.3 Å².